The second kappa shape index (κ2) is 12.1. The van der Waals surface area contributed by atoms with Gasteiger partial charge >= 0.3 is 0 Å². The summed E-state index contributed by atoms with van der Waals surface area (Å²) in [6.45, 7) is 4.97. The highest BCUT2D eigenvalue weighted by molar-refractivity contribution is 5.97. The van der Waals surface area contributed by atoms with Gasteiger partial charge in [-0.3, -0.25) is 9.59 Å². The van der Waals surface area contributed by atoms with Crippen molar-refractivity contribution >= 4 is 17.6 Å². The van der Waals surface area contributed by atoms with Crippen LogP contribution in [-0.2, 0) is 4.79 Å². The summed E-state index contributed by atoms with van der Waals surface area (Å²) in [7, 11) is 3.20. The Morgan fingerprint density at radius 1 is 0.900 bits per heavy atom. The van der Waals surface area contributed by atoms with Crippen molar-refractivity contribution in [2.75, 3.05) is 65.2 Å². The fourth-order valence-electron chi connectivity index (χ4n) is 4.83. The van der Waals surface area contributed by atoms with Gasteiger partial charge < -0.3 is 33.6 Å². The second-order valence-electron chi connectivity index (χ2n) is 9.51. The molecule has 210 valence electrons. The molecule has 1 saturated heterocycles. The topological polar surface area (TPSA) is 107 Å². The van der Waals surface area contributed by atoms with Crippen LogP contribution in [0.4, 0.5) is 5.82 Å². The number of rotatable bonds is 9. The molecule has 0 saturated carbocycles. The minimum atomic E-state index is -0.197. The first-order chi connectivity index (χ1) is 19.5. The van der Waals surface area contributed by atoms with Gasteiger partial charge in [0.05, 0.1) is 19.9 Å². The van der Waals surface area contributed by atoms with Gasteiger partial charge in [0.15, 0.2) is 28.8 Å². The number of benzene rings is 2. The molecule has 0 unspecified atom stereocenters. The van der Waals surface area contributed by atoms with Crippen molar-refractivity contribution in [3.05, 3.63) is 54.1 Å². The van der Waals surface area contributed by atoms with E-state index >= 15 is 0 Å². The van der Waals surface area contributed by atoms with Crippen molar-refractivity contribution < 1.29 is 28.5 Å². The van der Waals surface area contributed by atoms with Crippen LogP contribution in [-0.4, -0.2) is 92.1 Å². The maximum atomic E-state index is 13.2. The Kier molecular flexibility index (Phi) is 8.18. The number of piperazine rings is 1. The molecule has 1 fully saturated rings. The molecule has 3 heterocycles. The molecular weight excluding hydrogens is 514 g/mol. The molecule has 0 N–H and O–H groups in total. The Hall–Kier alpha value is -4.54. The van der Waals surface area contributed by atoms with E-state index in [4.69, 9.17) is 18.9 Å². The average Bonchev–Trinajstić information content (AvgIpc) is 3.48. The molecule has 11 nitrogen and oxygen atoms in total. The van der Waals surface area contributed by atoms with Crippen LogP contribution in [0.25, 0.3) is 11.3 Å². The van der Waals surface area contributed by atoms with E-state index in [0.29, 0.717) is 61.3 Å². The Balaban J connectivity index is 1.17. The minimum absolute atomic E-state index is 0.0287. The molecule has 2 amide bonds. The van der Waals surface area contributed by atoms with Gasteiger partial charge in [0.2, 0.25) is 12.7 Å². The third-order valence-electron chi connectivity index (χ3n) is 7.01. The van der Waals surface area contributed by atoms with Gasteiger partial charge in [-0.15, -0.1) is 10.2 Å². The number of amides is 2. The first kappa shape index (κ1) is 27.0. The lowest BCUT2D eigenvalue weighted by atomic mass is 10.1. The summed E-state index contributed by atoms with van der Waals surface area (Å²) in [4.78, 5) is 31.9. The number of hydrogen-bond acceptors (Lipinski definition) is 9. The van der Waals surface area contributed by atoms with E-state index in [1.165, 1.54) is 0 Å². The van der Waals surface area contributed by atoms with E-state index in [0.717, 1.165) is 23.5 Å². The van der Waals surface area contributed by atoms with Gasteiger partial charge in [-0.05, 0) is 55.0 Å². The Bertz CT molecular complexity index is 1360. The Morgan fingerprint density at radius 2 is 1.68 bits per heavy atom. The number of nitrogens with zero attached hydrogens (tertiary/aromatic N) is 5. The molecule has 1 aromatic heterocycles. The summed E-state index contributed by atoms with van der Waals surface area (Å²) in [5, 5.41) is 8.84. The van der Waals surface area contributed by atoms with Gasteiger partial charge in [0.25, 0.3) is 5.91 Å². The van der Waals surface area contributed by atoms with Crippen molar-refractivity contribution in [3.63, 3.8) is 0 Å². The van der Waals surface area contributed by atoms with Crippen molar-refractivity contribution in [2.24, 2.45) is 0 Å². The predicted octanol–water partition coefficient (Wildman–Crippen LogP) is 3.09. The molecule has 0 aliphatic carbocycles. The molecule has 0 radical (unpaired) electrons. The summed E-state index contributed by atoms with van der Waals surface area (Å²) in [5.74, 6) is 2.92. The lowest BCUT2D eigenvalue weighted by Gasteiger charge is -2.36. The fraction of sp³-hybridized carbons (Fsp3) is 0.379. The summed E-state index contributed by atoms with van der Waals surface area (Å²) < 4.78 is 21.4. The molecule has 0 spiro atoms. The van der Waals surface area contributed by atoms with Crippen molar-refractivity contribution in [3.8, 4) is 34.3 Å². The normalized spacial score (nSPS) is 14.2. The first-order valence-corrected chi connectivity index (χ1v) is 13.3. The highest BCUT2D eigenvalue weighted by atomic mass is 16.7. The lowest BCUT2D eigenvalue weighted by Crippen LogP contribution is -2.52. The SMILES string of the molecule is CCCN(CC(=O)N1CCN(c2ccc(-c3ccc(OC)c(OC)c3)nn2)CC1)C(=O)c1ccc2c(c1)OCO2. The quantitative estimate of drug-likeness (QED) is 0.399. The zero-order valence-corrected chi connectivity index (χ0v) is 23.0. The van der Waals surface area contributed by atoms with Crippen LogP contribution in [0, 0.1) is 0 Å². The van der Waals surface area contributed by atoms with Crippen LogP contribution in [0.3, 0.4) is 0 Å². The van der Waals surface area contributed by atoms with E-state index in [1.807, 2.05) is 37.3 Å². The molecule has 0 bridgehead atoms. The predicted molar refractivity (Wildman–Crippen MR) is 148 cm³/mol. The van der Waals surface area contributed by atoms with Crippen LogP contribution in [0.5, 0.6) is 23.0 Å². The second-order valence-corrected chi connectivity index (χ2v) is 9.51. The van der Waals surface area contributed by atoms with E-state index in [1.54, 1.807) is 42.2 Å². The summed E-state index contributed by atoms with van der Waals surface area (Å²) in [6, 6.07) is 14.6. The summed E-state index contributed by atoms with van der Waals surface area (Å²) in [5.41, 5.74) is 2.08. The number of carbonyl (C=O) groups excluding carboxylic acids is 2. The number of hydrogen-bond donors (Lipinski definition) is 0. The Morgan fingerprint density at radius 3 is 2.38 bits per heavy atom. The molecule has 5 rings (SSSR count). The van der Waals surface area contributed by atoms with Crippen LogP contribution in [0.15, 0.2) is 48.5 Å². The molecule has 0 atom stereocenters. The average molecular weight is 548 g/mol. The number of fused-ring (bicyclic) bond motifs is 1. The van der Waals surface area contributed by atoms with E-state index in [-0.39, 0.29) is 25.2 Å². The standard InChI is InChI=1S/C29H33N5O6/c1-4-11-34(29(36)21-6-9-24-26(17-21)40-19-39-24)18-28(35)33-14-12-32(13-15-33)27-10-7-22(30-31-27)20-5-8-23(37-2)25(16-20)38-3/h5-10,16-17H,4,11-15,18-19H2,1-3H3. The molecule has 11 heteroatoms. The Labute approximate surface area is 233 Å². The van der Waals surface area contributed by atoms with Crippen LogP contribution < -0.4 is 23.8 Å². The monoisotopic (exact) mass is 547 g/mol. The largest absolute Gasteiger partial charge is 0.493 e. The zero-order valence-electron chi connectivity index (χ0n) is 23.0. The van der Waals surface area contributed by atoms with Crippen molar-refractivity contribution in [2.45, 2.75) is 13.3 Å². The number of aromatic nitrogens is 2. The molecule has 40 heavy (non-hydrogen) atoms. The maximum absolute atomic E-state index is 13.2. The number of methoxy groups -OCH3 is 2. The van der Waals surface area contributed by atoms with Crippen LogP contribution >= 0.6 is 0 Å². The van der Waals surface area contributed by atoms with E-state index in [2.05, 4.69) is 15.1 Å². The molecule has 2 aliphatic rings. The first-order valence-electron chi connectivity index (χ1n) is 13.3. The highest BCUT2D eigenvalue weighted by Crippen LogP contribution is 2.33. The molecule has 2 aromatic carbocycles. The van der Waals surface area contributed by atoms with Gasteiger partial charge in [0.1, 0.15) is 6.54 Å². The molecule has 2 aliphatic heterocycles. The van der Waals surface area contributed by atoms with Crippen molar-refractivity contribution in [1.29, 1.82) is 0 Å². The number of carbonyl (C=O) groups is 2. The molecular formula is C29H33N5O6. The van der Waals surface area contributed by atoms with Crippen molar-refractivity contribution in [1.82, 2.24) is 20.0 Å². The lowest BCUT2D eigenvalue weighted by molar-refractivity contribution is -0.132. The fourth-order valence-corrected chi connectivity index (χ4v) is 4.83. The summed E-state index contributed by atoms with van der Waals surface area (Å²) >= 11 is 0. The highest BCUT2D eigenvalue weighted by Gasteiger charge is 2.26. The third kappa shape index (κ3) is 5.73. The van der Waals surface area contributed by atoms with E-state index in [9.17, 15) is 9.59 Å². The van der Waals surface area contributed by atoms with Crippen LogP contribution in [0.2, 0.25) is 0 Å². The van der Waals surface area contributed by atoms with Gasteiger partial charge in [0, 0.05) is 43.9 Å². The van der Waals surface area contributed by atoms with E-state index < -0.39 is 0 Å². The maximum Gasteiger partial charge on any atom is 0.254 e. The van der Waals surface area contributed by atoms with Crippen LogP contribution in [0.1, 0.15) is 23.7 Å². The molecule has 3 aromatic rings. The van der Waals surface area contributed by atoms with Gasteiger partial charge in [-0.2, -0.15) is 0 Å². The number of ether oxygens (including phenoxy) is 4. The number of anilines is 1. The van der Waals surface area contributed by atoms with Gasteiger partial charge in [-0.25, -0.2) is 0 Å². The smallest absolute Gasteiger partial charge is 0.254 e. The zero-order chi connectivity index (χ0) is 28.1. The minimum Gasteiger partial charge on any atom is -0.493 e. The summed E-state index contributed by atoms with van der Waals surface area (Å²) in [6.07, 6.45) is 0.745. The third-order valence-corrected chi connectivity index (χ3v) is 7.01. The van der Waals surface area contributed by atoms with Gasteiger partial charge in [-0.1, -0.05) is 6.92 Å².